The number of nitrogens with zero attached hydrogens (tertiary/aromatic N) is 2. The van der Waals surface area contributed by atoms with E-state index in [2.05, 4.69) is 0 Å². The van der Waals surface area contributed by atoms with Crippen LogP contribution in [0.2, 0.25) is 0 Å². The molecule has 7 heteroatoms. The van der Waals surface area contributed by atoms with Gasteiger partial charge in [-0.3, -0.25) is 0 Å². The van der Waals surface area contributed by atoms with Crippen LogP contribution in [0.4, 0.5) is 0 Å². The lowest BCUT2D eigenvalue weighted by Crippen LogP contribution is -2.55. The monoisotopic (exact) mass is 254 g/mol. The molecule has 0 aliphatic rings. The second-order valence-electron chi connectivity index (χ2n) is 4.64. The molecule has 0 spiro atoms. The van der Waals surface area contributed by atoms with Gasteiger partial charge in [-0.05, 0) is 20.8 Å². The molecular weight excluding hydrogens is 232 g/mol. The average molecular weight is 254 g/mol. The minimum atomic E-state index is -3.66. The Balaban J connectivity index is 5.27. The first-order chi connectivity index (χ1) is 7.05. The van der Waals surface area contributed by atoms with Crippen molar-refractivity contribution in [2.24, 2.45) is 0 Å². The summed E-state index contributed by atoms with van der Waals surface area (Å²) in [7, 11) is -0.828. The van der Waals surface area contributed by atoms with Crippen molar-refractivity contribution in [1.29, 1.82) is 0 Å². The number of β-amino-alcohol motifs (C(OH)–C–C–N with tert-alkyl or cyclic N) is 1. The maximum Gasteiger partial charge on any atom is 0.282 e. The predicted molar refractivity (Wildman–Crippen MR) is 62.2 cm³/mol. The molecule has 16 heavy (non-hydrogen) atoms. The van der Waals surface area contributed by atoms with E-state index in [-0.39, 0.29) is 13.2 Å². The van der Waals surface area contributed by atoms with Gasteiger partial charge in [0.15, 0.2) is 0 Å². The van der Waals surface area contributed by atoms with Gasteiger partial charge in [0.2, 0.25) is 0 Å². The molecule has 0 bridgehead atoms. The lowest BCUT2D eigenvalue weighted by molar-refractivity contribution is 0.0769. The standard InChI is InChI=1S/C9H22N2O4S/c1-8(13)6-11(9(2,3)7-12)16(14,15)10(4)5/h8,12-13H,6-7H2,1-5H3. The summed E-state index contributed by atoms with van der Waals surface area (Å²) in [5.41, 5.74) is -0.944. The fourth-order valence-electron chi connectivity index (χ4n) is 1.17. The van der Waals surface area contributed by atoms with E-state index in [4.69, 9.17) is 0 Å². The number of aliphatic hydroxyl groups excluding tert-OH is 2. The van der Waals surface area contributed by atoms with Crippen LogP contribution in [0.1, 0.15) is 20.8 Å². The Morgan fingerprint density at radius 2 is 1.75 bits per heavy atom. The molecule has 0 aromatic carbocycles. The molecule has 0 heterocycles. The van der Waals surface area contributed by atoms with Crippen molar-refractivity contribution in [2.45, 2.75) is 32.4 Å². The number of hydrogen-bond donors (Lipinski definition) is 2. The maximum absolute atomic E-state index is 12.0. The highest BCUT2D eigenvalue weighted by Crippen LogP contribution is 2.20. The van der Waals surface area contributed by atoms with Crippen molar-refractivity contribution in [2.75, 3.05) is 27.2 Å². The van der Waals surface area contributed by atoms with Crippen LogP contribution in [0.15, 0.2) is 0 Å². The Labute approximate surface area is 97.7 Å². The van der Waals surface area contributed by atoms with E-state index < -0.39 is 21.9 Å². The van der Waals surface area contributed by atoms with Crippen molar-refractivity contribution in [3.05, 3.63) is 0 Å². The molecule has 0 radical (unpaired) electrons. The van der Waals surface area contributed by atoms with Crippen LogP contribution in [0.5, 0.6) is 0 Å². The first-order valence-corrected chi connectivity index (χ1v) is 6.44. The second kappa shape index (κ2) is 5.42. The Kier molecular flexibility index (Phi) is 5.34. The van der Waals surface area contributed by atoms with Crippen molar-refractivity contribution in [3.63, 3.8) is 0 Å². The lowest BCUT2D eigenvalue weighted by Gasteiger charge is -2.38. The Bertz CT molecular complexity index is 311. The summed E-state index contributed by atoms with van der Waals surface area (Å²) in [4.78, 5) is 0. The Morgan fingerprint density at radius 3 is 2.00 bits per heavy atom. The molecule has 0 amide bonds. The van der Waals surface area contributed by atoms with Crippen LogP contribution in [-0.2, 0) is 10.2 Å². The fourth-order valence-corrected chi connectivity index (χ4v) is 2.65. The quantitative estimate of drug-likeness (QED) is 0.653. The first-order valence-electron chi connectivity index (χ1n) is 5.05. The van der Waals surface area contributed by atoms with E-state index >= 15 is 0 Å². The van der Waals surface area contributed by atoms with Gasteiger partial charge in [-0.25, -0.2) is 0 Å². The van der Waals surface area contributed by atoms with E-state index in [1.165, 1.54) is 21.0 Å². The molecule has 2 N–H and O–H groups in total. The zero-order valence-corrected chi connectivity index (χ0v) is 11.3. The van der Waals surface area contributed by atoms with Gasteiger partial charge >= 0.3 is 0 Å². The summed E-state index contributed by atoms with van der Waals surface area (Å²) in [6, 6.07) is 0. The van der Waals surface area contributed by atoms with E-state index in [1.807, 2.05) is 0 Å². The summed E-state index contributed by atoms with van der Waals surface area (Å²) >= 11 is 0. The minimum Gasteiger partial charge on any atom is -0.394 e. The molecule has 0 saturated heterocycles. The Morgan fingerprint density at radius 1 is 1.31 bits per heavy atom. The van der Waals surface area contributed by atoms with E-state index in [1.54, 1.807) is 13.8 Å². The summed E-state index contributed by atoms with van der Waals surface area (Å²) in [5.74, 6) is 0. The maximum atomic E-state index is 12.0. The largest absolute Gasteiger partial charge is 0.394 e. The molecule has 6 nitrogen and oxygen atoms in total. The normalized spacial score (nSPS) is 15.8. The third-order valence-corrected chi connectivity index (χ3v) is 4.36. The molecular formula is C9H22N2O4S. The zero-order chi connectivity index (χ0) is 13.1. The third kappa shape index (κ3) is 3.67. The molecule has 0 aromatic rings. The second-order valence-corrected chi connectivity index (χ2v) is 6.71. The van der Waals surface area contributed by atoms with E-state index in [0.29, 0.717) is 0 Å². The third-order valence-electron chi connectivity index (χ3n) is 2.23. The van der Waals surface area contributed by atoms with Crippen LogP contribution in [0.3, 0.4) is 0 Å². The zero-order valence-electron chi connectivity index (χ0n) is 10.5. The predicted octanol–water partition coefficient (Wildman–Crippen LogP) is -0.753. The van der Waals surface area contributed by atoms with Gasteiger partial charge in [0.05, 0.1) is 18.2 Å². The molecule has 0 rings (SSSR count). The van der Waals surface area contributed by atoms with Gasteiger partial charge in [0.1, 0.15) is 0 Å². The number of aliphatic hydroxyl groups is 2. The molecule has 0 fully saturated rings. The topological polar surface area (TPSA) is 81.1 Å². The molecule has 0 saturated carbocycles. The SMILES string of the molecule is CC(O)CN(C(C)(C)CO)S(=O)(=O)N(C)C. The van der Waals surface area contributed by atoms with Crippen LogP contribution in [0.25, 0.3) is 0 Å². The van der Waals surface area contributed by atoms with Crippen LogP contribution < -0.4 is 0 Å². The van der Waals surface area contributed by atoms with Crippen molar-refractivity contribution in [1.82, 2.24) is 8.61 Å². The molecule has 0 aliphatic heterocycles. The first kappa shape index (κ1) is 15.8. The van der Waals surface area contributed by atoms with Gasteiger partial charge in [0.25, 0.3) is 10.2 Å². The highest BCUT2D eigenvalue weighted by atomic mass is 32.2. The summed E-state index contributed by atoms with van der Waals surface area (Å²) in [6.07, 6.45) is -0.791. The fraction of sp³-hybridized carbons (Fsp3) is 1.00. The molecule has 0 aromatic heterocycles. The highest BCUT2D eigenvalue weighted by molar-refractivity contribution is 7.86. The average Bonchev–Trinajstić information content (AvgIpc) is 2.13. The van der Waals surface area contributed by atoms with Crippen molar-refractivity contribution >= 4 is 10.2 Å². The minimum absolute atomic E-state index is 0.0475. The number of rotatable bonds is 6. The van der Waals surface area contributed by atoms with Gasteiger partial charge in [-0.1, -0.05) is 0 Å². The van der Waals surface area contributed by atoms with Gasteiger partial charge in [-0.2, -0.15) is 17.0 Å². The highest BCUT2D eigenvalue weighted by Gasteiger charge is 2.37. The molecule has 98 valence electrons. The molecule has 1 unspecified atom stereocenters. The summed E-state index contributed by atoms with van der Waals surface area (Å²) in [5, 5.41) is 18.5. The van der Waals surface area contributed by atoms with Crippen molar-refractivity contribution < 1.29 is 18.6 Å². The summed E-state index contributed by atoms with van der Waals surface area (Å²) < 4.78 is 26.2. The summed E-state index contributed by atoms with van der Waals surface area (Å²) in [6.45, 7) is 4.36. The van der Waals surface area contributed by atoms with Crippen LogP contribution in [-0.4, -0.2) is 66.1 Å². The number of hydrogen-bond acceptors (Lipinski definition) is 4. The Hall–Kier alpha value is -0.210. The molecule has 1 atom stereocenters. The van der Waals surface area contributed by atoms with Crippen LogP contribution >= 0.6 is 0 Å². The van der Waals surface area contributed by atoms with Crippen LogP contribution in [0, 0.1) is 0 Å². The van der Waals surface area contributed by atoms with Gasteiger partial charge < -0.3 is 10.2 Å². The van der Waals surface area contributed by atoms with E-state index in [9.17, 15) is 18.6 Å². The van der Waals surface area contributed by atoms with Crippen molar-refractivity contribution in [3.8, 4) is 0 Å². The van der Waals surface area contributed by atoms with Gasteiger partial charge in [-0.15, -0.1) is 0 Å². The molecule has 0 aliphatic carbocycles. The smallest absolute Gasteiger partial charge is 0.282 e. The lowest BCUT2D eigenvalue weighted by atomic mass is 10.1. The van der Waals surface area contributed by atoms with Gasteiger partial charge in [0, 0.05) is 20.6 Å². The van der Waals surface area contributed by atoms with E-state index in [0.717, 1.165) is 8.61 Å².